The molecule has 1 heterocycles. The molecule has 5 heteroatoms. The van der Waals surface area contributed by atoms with Gasteiger partial charge in [0.25, 0.3) is 0 Å². The summed E-state index contributed by atoms with van der Waals surface area (Å²) in [6, 6.07) is 5.21. The van der Waals surface area contributed by atoms with Crippen LogP contribution in [0.1, 0.15) is 16.3 Å². The summed E-state index contributed by atoms with van der Waals surface area (Å²) in [4.78, 5) is 4.46. The van der Waals surface area contributed by atoms with Gasteiger partial charge in [-0.15, -0.1) is 11.3 Å². The van der Waals surface area contributed by atoms with Crippen molar-refractivity contribution in [3.63, 3.8) is 0 Å². The highest BCUT2D eigenvalue weighted by Crippen LogP contribution is 2.18. The van der Waals surface area contributed by atoms with E-state index in [1.165, 1.54) is 6.07 Å². The summed E-state index contributed by atoms with van der Waals surface area (Å²) >= 11 is 7.35. The summed E-state index contributed by atoms with van der Waals surface area (Å²) in [6.07, 6.45) is 1.60. The Morgan fingerprint density at radius 3 is 2.79 bits per heavy atom. The molecule has 102 valence electrons. The Bertz CT molecular complexity index is 556. The molecule has 0 amide bonds. The van der Waals surface area contributed by atoms with E-state index in [1.807, 2.05) is 25.4 Å². The molecular formula is C14H16ClFN2S. The molecule has 0 fully saturated rings. The Hall–Kier alpha value is -0.970. The van der Waals surface area contributed by atoms with Gasteiger partial charge in [-0.1, -0.05) is 17.7 Å². The molecule has 19 heavy (non-hydrogen) atoms. The SMILES string of the molecule is CNC(Cc1ccc(Cl)c(F)c1)Cc1nc(C)cs1. The van der Waals surface area contributed by atoms with E-state index < -0.39 is 0 Å². The minimum Gasteiger partial charge on any atom is -0.316 e. The van der Waals surface area contributed by atoms with Gasteiger partial charge in [0.05, 0.1) is 10.0 Å². The topological polar surface area (TPSA) is 24.9 Å². The number of likely N-dealkylation sites (N-methyl/N-ethyl adjacent to an activating group) is 1. The van der Waals surface area contributed by atoms with Crippen LogP contribution in [0.25, 0.3) is 0 Å². The zero-order valence-electron chi connectivity index (χ0n) is 10.9. The third-order valence-corrected chi connectivity index (χ3v) is 4.26. The van der Waals surface area contributed by atoms with Crippen molar-refractivity contribution in [2.75, 3.05) is 7.05 Å². The fraction of sp³-hybridized carbons (Fsp3) is 0.357. The number of aromatic nitrogens is 1. The monoisotopic (exact) mass is 298 g/mol. The molecular weight excluding hydrogens is 283 g/mol. The Kier molecular flexibility index (Phi) is 4.91. The highest BCUT2D eigenvalue weighted by atomic mass is 35.5. The van der Waals surface area contributed by atoms with E-state index in [-0.39, 0.29) is 16.9 Å². The van der Waals surface area contributed by atoms with Crippen LogP contribution in [0.3, 0.4) is 0 Å². The van der Waals surface area contributed by atoms with Gasteiger partial charge < -0.3 is 5.32 Å². The molecule has 1 atom stereocenters. The van der Waals surface area contributed by atoms with Crippen LogP contribution < -0.4 is 5.32 Å². The van der Waals surface area contributed by atoms with Crippen LogP contribution in [-0.2, 0) is 12.8 Å². The largest absolute Gasteiger partial charge is 0.316 e. The minimum absolute atomic E-state index is 0.167. The molecule has 1 aromatic heterocycles. The lowest BCUT2D eigenvalue weighted by molar-refractivity contribution is 0.551. The molecule has 0 bridgehead atoms. The first-order valence-electron chi connectivity index (χ1n) is 6.10. The van der Waals surface area contributed by atoms with Crippen molar-refractivity contribution >= 4 is 22.9 Å². The zero-order chi connectivity index (χ0) is 13.8. The zero-order valence-corrected chi connectivity index (χ0v) is 12.5. The van der Waals surface area contributed by atoms with Gasteiger partial charge in [-0.05, 0) is 38.1 Å². The van der Waals surface area contributed by atoms with Crippen molar-refractivity contribution in [3.05, 3.63) is 50.7 Å². The second-order valence-electron chi connectivity index (χ2n) is 4.52. The number of nitrogens with zero attached hydrogens (tertiary/aromatic N) is 1. The van der Waals surface area contributed by atoms with E-state index in [0.29, 0.717) is 0 Å². The molecule has 1 unspecified atom stereocenters. The Morgan fingerprint density at radius 2 is 2.21 bits per heavy atom. The van der Waals surface area contributed by atoms with E-state index in [9.17, 15) is 4.39 Å². The summed E-state index contributed by atoms with van der Waals surface area (Å²) in [5.74, 6) is -0.362. The van der Waals surface area contributed by atoms with Crippen LogP contribution in [0.5, 0.6) is 0 Å². The van der Waals surface area contributed by atoms with Gasteiger partial charge in [-0.3, -0.25) is 0 Å². The lowest BCUT2D eigenvalue weighted by atomic mass is 10.0. The van der Waals surface area contributed by atoms with Crippen LogP contribution in [-0.4, -0.2) is 18.1 Å². The molecule has 0 radical (unpaired) electrons. The lowest BCUT2D eigenvalue weighted by Gasteiger charge is -2.15. The molecule has 0 aliphatic rings. The smallest absolute Gasteiger partial charge is 0.142 e. The second kappa shape index (κ2) is 6.46. The molecule has 0 aliphatic carbocycles. The quantitative estimate of drug-likeness (QED) is 0.912. The van der Waals surface area contributed by atoms with Crippen molar-refractivity contribution in [3.8, 4) is 0 Å². The predicted molar refractivity (Wildman–Crippen MR) is 78.5 cm³/mol. The fourth-order valence-electron chi connectivity index (χ4n) is 1.93. The van der Waals surface area contributed by atoms with Gasteiger partial charge in [0, 0.05) is 23.5 Å². The number of rotatable bonds is 5. The molecule has 2 aromatic rings. The Labute approximate surface area is 121 Å². The van der Waals surface area contributed by atoms with Gasteiger partial charge in [0.15, 0.2) is 0 Å². The molecule has 2 nitrogen and oxygen atoms in total. The predicted octanol–water partition coefficient (Wildman–Crippen LogP) is 3.62. The third kappa shape index (κ3) is 4.00. The van der Waals surface area contributed by atoms with E-state index in [2.05, 4.69) is 10.3 Å². The minimum atomic E-state index is -0.362. The fourth-order valence-corrected chi connectivity index (χ4v) is 2.91. The van der Waals surface area contributed by atoms with E-state index in [1.54, 1.807) is 17.4 Å². The molecule has 0 saturated carbocycles. The number of aryl methyl sites for hydroxylation is 1. The standard InChI is InChI=1S/C14H16ClFN2S/c1-9-8-19-14(18-9)7-11(17-2)5-10-3-4-12(15)13(16)6-10/h3-4,6,8,11,17H,5,7H2,1-2H3. The first-order chi connectivity index (χ1) is 9.08. The van der Waals surface area contributed by atoms with Crippen molar-refractivity contribution in [1.82, 2.24) is 10.3 Å². The van der Waals surface area contributed by atoms with Gasteiger partial charge >= 0.3 is 0 Å². The summed E-state index contributed by atoms with van der Waals surface area (Å²) in [5.41, 5.74) is 1.99. The van der Waals surface area contributed by atoms with Gasteiger partial charge in [-0.2, -0.15) is 0 Å². The number of halogens is 2. The molecule has 1 aromatic carbocycles. The number of hydrogen-bond acceptors (Lipinski definition) is 3. The van der Waals surface area contributed by atoms with Crippen LogP contribution in [0.4, 0.5) is 4.39 Å². The summed E-state index contributed by atoms with van der Waals surface area (Å²) in [6.45, 7) is 1.99. The highest BCUT2D eigenvalue weighted by Gasteiger charge is 2.12. The molecule has 0 aliphatic heterocycles. The highest BCUT2D eigenvalue weighted by molar-refractivity contribution is 7.09. The normalized spacial score (nSPS) is 12.6. The maximum atomic E-state index is 13.4. The van der Waals surface area contributed by atoms with Crippen molar-refractivity contribution < 1.29 is 4.39 Å². The van der Waals surface area contributed by atoms with Crippen molar-refractivity contribution in [1.29, 1.82) is 0 Å². The van der Waals surface area contributed by atoms with Gasteiger partial charge in [0.1, 0.15) is 5.82 Å². The van der Waals surface area contributed by atoms with E-state index >= 15 is 0 Å². The average Bonchev–Trinajstić information content (AvgIpc) is 2.78. The Balaban J connectivity index is 2.04. The second-order valence-corrected chi connectivity index (χ2v) is 5.87. The summed E-state index contributed by atoms with van der Waals surface area (Å²) < 4.78 is 13.4. The molecule has 1 N–H and O–H groups in total. The van der Waals surface area contributed by atoms with E-state index in [4.69, 9.17) is 11.6 Å². The number of benzene rings is 1. The maximum Gasteiger partial charge on any atom is 0.142 e. The first-order valence-corrected chi connectivity index (χ1v) is 7.36. The van der Waals surface area contributed by atoms with Crippen LogP contribution in [0, 0.1) is 12.7 Å². The number of hydrogen-bond donors (Lipinski definition) is 1. The summed E-state index contributed by atoms with van der Waals surface area (Å²) in [7, 11) is 1.91. The average molecular weight is 299 g/mol. The summed E-state index contributed by atoms with van der Waals surface area (Å²) in [5, 5.41) is 6.57. The Morgan fingerprint density at radius 1 is 1.42 bits per heavy atom. The van der Waals surface area contributed by atoms with Gasteiger partial charge in [-0.25, -0.2) is 9.37 Å². The lowest BCUT2D eigenvalue weighted by Crippen LogP contribution is -2.29. The first kappa shape index (κ1) is 14.4. The molecule has 0 spiro atoms. The number of nitrogens with one attached hydrogen (secondary N) is 1. The van der Waals surface area contributed by atoms with Crippen LogP contribution in [0.2, 0.25) is 5.02 Å². The third-order valence-electron chi connectivity index (χ3n) is 2.96. The van der Waals surface area contributed by atoms with Gasteiger partial charge in [0.2, 0.25) is 0 Å². The molecule has 0 saturated heterocycles. The van der Waals surface area contributed by atoms with Crippen LogP contribution >= 0.6 is 22.9 Å². The van der Waals surface area contributed by atoms with Crippen molar-refractivity contribution in [2.45, 2.75) is 25.8 Å². The van der Waals surface area contributed by atoms with Crippen molar-refractivity contribution in [2.24, 2.45) is 0 Å². The number of thiazole rings is 1. The van der Waals surface area contributed by atoms with E-state index in [0.717, 1.165) is 29.1 Å². The maximum absolute atomic E-state index is 13.4. The molecule has 2 rings (SSSR count). The van der Waals surface area contributed by atoms with Crippen LogP contribution in [0.15, 0.2) is 23.6 Å².